The van der Waals surface area contributed by atoms with Crippen LogP contribution in [-0.2, 0) is 6.54 Å². The molecule has 2 rings (SSSR count). The highest BCUT2D eigenvalue weighted by Crippen LogP contribution is 2.13. The van der Waals surface area contributed by atoms with Crippen molar-refractivity contribution >= 4 is 21.7 Å². The van der Waals surface area contributed by atoms with E-state index in [0.717, 1.165) is 5.69 Å². The Labute approximate surface area is 106 Å². The van der Waals surface area contributed by atoms with Gasteiger partial charge in [-0.2, -0.15) is 0 Å². The van der Waals surface area contributed by atoms with Crippen molar-refractivity contribution < 1.29 is 0 Å². The molecule has 2 N–H and O–H groups in total. The predicted molar refractivity (Wildman–Crippen MR) is 66.7 cm³/mol. The summed E-state index contributed by atoms with van der Waals surface area (Å²) in [6.07, 6.45) is 3.04. The van der Waals surface area contributed by atoms with Gasteiger partial charge < -0.3 is 10.3 Å². The van der Waals surface area contributed by atoms with Crippen LogP contribution in [0.1, 0.15) is 11.5 Å². The summed E-state index contributed by atoms with van der Waals surface area (Å²) in [7, 11) is 0. The third-order valence-corrected chi connectivity index (χ3v) is 2.80. The molecule has 6 nitrogen and oxygen atoms in total. The van der Waals surface area contributed by atoms with Crippen molar-refractivity contribution in [3.05, 3.63) is 44.9 Å². The van der Waals surface area contributed by atoms with E-state index in [0.29, 0.717) is 22.7 Å². The van der Waals surface area contributed by atoms with E-state index >= 15 is 0 Å². The van der Waals surface area contributed by atoms with Gasteiger partial charge in [-0.05, 0) is 28.9 Å². The van der Waals surface area contributed by atoms with Crippen LogP contribution < -0.4 is 10.9 Å². The second kappa shape index (κ2) is 5.05. The molecular formula is C10H10BrN5O. The average molecular weight is 296 g/mol. The van der Waals surface area contributed by atoms with Gasteiger partial charge in [-0.15, -0.1) is 0 Å². The highest BCUT2D eigenvalue weighted by atomic mass is 79.9. The molecule has 0 fully saturated rings. The normalized spacial score (nSPS) is 10.2. The SMILES string of the molecule is Cc1nccc(CNc2nc[nH]c(=O)c2Br)n1. The third kappa shape index (κ3) is 2.88. The van der Waals surface area contributed by atoms with E-state index in [-0.39, 0.29) is 5.56 Å². The molecule has 0 radical (unpaired) electrons. The summed E-state index contributed by atoms with van der Waals surface area (Å²) in [5.41, 5.74) is 0.618. The number of hydrogen-bond acceptors (Lipinski definition) is 5. The molecule has 2 aromatic rings. The lowest BCUT2D eigenvalue weighted by atomic mass is 10.4. The first-order valence-electron chi connectivity index (χ1n) is 4.92. The van der Waals surface area contributed by atoms with Crippen molar-refractivity contribution in [3.63, 3.8) is 0 Å². The molecule has 0 aliphatic heterocycles. The Hall–Kier alpha value is -1.76. The van der Waals surface area contributed by atoms with Crippen LogP contribution in [0.5, 0.6) is 0 Å². The minimum atomic E-state index is -0.221. The highest BCUT2D eigenvalue weighted by molar-refractivity contribution is 9.10. The number of nitrogens with zero attached hydrogens (tertiary/aromatic N) is 3. The van der Waals surface area contributed by atoms with E-state index in [1.807, 2.05) is 6.92 Å². The summed E-state index contributed by atoms with van der Waals surface area (Å²) >= 11 is 3.17. The van der Waals surface area contributed by atoms with Gasteiger partial charge in [-0.3, -0.25) is 4.79 Å². The smallest absolute Gasteiger partial charge is 0.267 e. The molecule has 0 atom stereocenters. The maximum absolute atomic E-state index is 11.3. The lowest BCUT2D eigenvalue weighted by molar-refractivity contribution is 0.944. The van der Waals surface area contributed by atoms with Gasteiger partial charge in [0.1, 0.15) is 16.1 Å². The fraction of sp³-hybridized carbons (Fsp3) is 0.200. The van der Waals surface area contributed by atoms with Crippen molar-refractivity contribution in [3.8, 4) is 0 Å². The third-order valence-electron chi connectivity index (χ3n) is 2.07. The fourth-order valence-electron chi connectivity index (χ4n) is 1.28. The Bertz CT molecular complexity index is 583. The molecule has 2 heterocycles. The summed E-state index contributed by atoms with van der Waals surface area (Å²) < 4.78 is 0.380. The van der Waals surface area contributed by atoms with Crippen molar-refractivity contribution in [1.29, 1.82) is 0 Å². The molecule has 0 aromatic carbocycles. The minimum Gasteiger partial charge on any atom is -0.363 e. The maximum Gasteiger partial charge on any atom is 0.267 e. The Morgan fingerprint density at radius 2 is 2.29 bits per heavy atom. The Kier molecular flexibility index (Phi) is 3.48. The van der Waals surface area contributed by atoms with E-state index in [1.165, 1.54) is 6.33 Å². The van der Waals surface area contributed by atoms with Crippen LogP contribution in [0, 0.1) is 6.92 Å². The summed E-state index contributed by atoms with van der Waals surface area (Å²) in [6.45, 7) is 2.31. The van der Waals surface area contributed by atoms with Gasteiger partial charge in [0.15, 0.2) is 0 Å². The number of rotatable bonds is 3. The van der Waals surface area contributed by atoms with Crippen LogP contribution in [0.2, 0.25) is 0 Å². The molecule has 0 aliphatic rings. The van der Waals surface area contributed by atoms with Crippen LogP contribution in [0.4, 0.5) is 5.82 Å². The topological polar surface area (TPSA) is 83.6 Å². The summed E-state index contributed by atoms with van der Waals surface area (Å²) in [4.78, 5) is 26.0. The Balaban J connectivity index is 2.13. The number of aromatic nitrogens is 4. The molecular weight excluding hydrogens is 286 g/mol. The highest BCUT2D eigenvalue weighted by Gasteiger charge is 2.04. The quantitative estimate of drug-likeness (QED) is 0.890. The van der Waals surface area contributed by atoms with Crippen LogP contribution >= 0.6 is 15.9 Å². The second-order valence-electron chi connectivity index (χ2n) is 3.34. The summed E-state index contributed by atoms with van der Waals surface area (Å²) in [5, 5.41) is 3.03. The van der Waals surface area contributed by atoms with Gasteiger partial charge in [0.25, 0.3) is 5.56 Å². The van der Waals surface area contributed by atoms with Gasteiger partial charge in [0, 0.05) is 6.20 Å². The van der Waals surface area contributed by atoms with E-state index < -0.39 is 0 Å². The molecule has 0 saturated heterocycles. The second-order valence-corrected chi connectivity index (χ2v) is 4.14. The molecule has 0 unspecified atom stereocenters. The fourth-order valence-corrected chi connectivity index (χ4v) is 1.64. The monoisotopic (exact) mass is 295 g/mol. The number of H-pyrrole nitrogens is 1. The molecule has 7 heteroatoms. The molecule has 0 amide bonds. The van der Waals surface area contributed by atoms with Crippen LogP contribution in [0.3, 0.4) is 0 Å². The number of nitrogens with one attached hydrogen (secondary N) is 2. The largest absolute Gasteiger partial charge is 0.363 e. The molecule has 88 valence electrons. The van der Waals surface area contributed by atoms with Gasteiger partial charge in [-0.25, -0.2) is 15.0 Å². The molecule has 0 aliphatic carbocycles. The summed E-state index contributed by atoms with van der Waals surface area (Å²) in [5.74, 6) is 1.20. The van der Waals surface area contributed by atoms with E-state index in [2.05, 4.69) is 41.2 Å². The van der Waals surface area contributed by atoms with Crippen LogP contribution in [-0.4, -0.2) is 19.9 Å². The number of halogens is 1. The van der Waals surface area contributed by atoms with Crippen molar-refractivity contribution in [1.82, 2.24) is 19.9 Å². The van der Waals surface area contributed by atoms with Crippen molar-refractivity contribution in [2.75, 3.05) is 5.32 Å². The average Bonchev–Trinajstić information content (AvgIpc) is 2.31. The standard InChI is InChI=1S/C10H10BrN5O/c1-6-12-3-2-7(16-6)4-13-9-8(11)10(17)15-5-14-9/h2-3,5H,4H2,1H3,(H2,13,14,15,17). The van der Waals surface area contributed by atoms with Crippen LogP contribution in [0.15, 0.2) is 27.9 Å². The minimum absolute atomic E-state index is 0.221. The lowest BCUT2D eigenvalue weighted by Crippen LogP contribution is -2.12. The van der Waals surface area contributed by atoms with E-state index in [4.69, 9.17) is 0 Å². The Morgan fingerprint density at radius 3 is 3.06 bits per heavy atom. The zero-order chi connectivity index (χ0) is 12.3. The first-order valence-corrected chi connectivity index (χ1v) is 5.71. The van der Waals surface area contributed by atoms with E-state index in [1.54, 1.807) is 12.3 Å². The number of aromatic amines is 1. The Morgan fingerprint density at radius 1 is 1.47 bits per heavy atom. The van der Waals surface area contributed by atoms with Gasteiger partial charge in [0.2, 0.25) is 0 Å². The molecule has 0 saturated carbocycles. The van der Waals surface area contributed by atoms with Gasteiger partial charge in [0.05, 0.1) is 18.6 Å². The zero-order valence-corrected chi connectivity index (χ0v) is 10.7. The van der Waals surface area contributed by atoms with Gasteiger partial charge in [-0.1, -0.05) is 0 Å². The zero-order valence-electron chi connectivity index (χ0n) is 9.07. The van der Waals surface area contributed by atoms with Crippen molar-refractivity contribution in [2.45, 2.75) is 13.5 Å². The summed E-state index contributed by atoms with van der Waals surface area (Å²) in [6, 6.07) is 1.81. The van der Waals surface area contributed by atoms with Crippen LogP contribution in [0.25, 0.3) is 0 Å². The van der Waals surface area contributed by atoms with E-state index in [9.17, 15) is 4.79 Å². The first-order chi connectivity index (χ1) is 8.16. The number of anilines is 1. The molecule has 0 spiro atoms. The van der Waals surface area contributed by atoms with Gasteiger partial charge >= 0.3 is 0 Å². The number of aryl methyl sites for hydroxylation is 1. The lowest BCUT2D eigenvalue weighted by Gasteiger charge is -2.06. The van der Waals surface area contributed by atoms with Crippen molar-refractivity contribution in [2.24, 2.45) is 0 Å². The number of hydrogen-bond donors (Lipinski definition) is 2. The molecule has 2 aromatic heterocycles. The maximum atomic E-state index is 11.3. The predicted octanol–water partition coefficient (Wildman–Crippen LogP) is 1.24. The first kappa shape index (κ1) is 11.7. The molecule has 0 bridgehead atoms. The molecule has 17 heavy (non-hydrogen) atoms.